The first-order valence-corrected chi connectivity index (χ1v) is 7.91. The van der Waals surface area contributed by atoms with Gasteiger partial charge < -0.3 is 10.3 Å². The summed E-state index contributed by atoms with van der Waals surface area (Å²) in [5, 5.41) is 5.08. The number of anilines is 1. The van der Waals surface area contributed by atoms with Crippen molar-refractivity contribution in [2.24, 2.45) is 0 Å². The molecule has 0 saturated heterocycles. The van der Waals surface area contributed by atoms with Crippen LogP contribution in [-0.4, -0.2) is 10.9 Å². The van der Waals surface area contributed by atoms with E-state index in [1.165, 1.54) is 0 Å². The first-order chi connectivity index (χ1) is 10.1. The lowest BCUT2D eigenvalue weighted by molar-refractivity contribution is 0.102. The Morgan fingerprint density at radius 3 is 2.81 bits per heavy atom. The monoisotopic (exact) mass is 298 g/mol. The summed E-state index contributed by atoms with van der Waals surface area (Å²) in [6, 6.07) is 10.0. The zero-order valence-corrected chi connectivity index (χ0v) is 13.2. The number of thiophene rings is 1. The van der Waals surface area contributed by atoms with Crippen molar-refractivity contribution >= 4 is 33.1 Å². The van der Waals surface area contributed by atoms with Crippen molar-refractivity contribution in [1.29, 1.82) is 0 Å². The fourth-order valence-electron chi connectivity index (χ4n) is 2.49. The van der Waals surface area contributed by atoms with Crippen molar-refractivity contribution in [3.63, 3.8) is 0 Å². The van der Waals surface area contributed by atoms with Crippen molar-refractivity contribution in [1.82, 2.24) is 4.98 Å². The molecule has 0 saturated carbocycles. The number of H-pyrrole nitrogens is 1. The number of carbonyl (C=O) groups is 1. The predicted octanol–water partition coefficient (Wildman–Crippen LogP) is 4.91. The Hall–Kier alpha value is -2.07. The Kier molecular flexibility index (Phi) is 3.55. The van der Waals surface area contributed by atoms with Crippen molar-refractivity contribution < 1.29 is 4.79 Å². The lowest BCUT2D eigenvalue weighted by Crippen LogP contribution is -2.15. The molecule has 108 valence electrons. The number of aromatic nitrogens is 1. The van der Waals surface area contributed by atoms with E-state index in [0.29, 0.717) is 11.6 Å². The summed E-state index contributed by atoms with van der Waals surface area (Å²) >= 11 is 1.63. The van der Waals surface area contributed by atoms with Crippen molar-refractivity contribution in [2.75, 3.05) is 5.32 Å². The molecule has 4 heteroatoms. The summed E-state index contributed by atoms with van der Waals surface area (Å²) < 4.78 is 1.11. The number of benzene rings is 1. The first kappa shape index (κ1) is 13.9. The van der Waals surface area contributed by atoms with Crippen LogP contribution in [-0.2, 0) is 0 Å². The minimum absolute atomic E-state index is 0.0883. The fourth-order valence-corrected chi connectivity index (χ4v) is 3.28. The third kappa shape index (κ3) is 2.59. The highest BCUT2D eigenvalue weighted by molar-refractivity contribution is 7.17. The molecule has 3 rings (SSSR count). The van der Waals surface area contributed by atoms with Crippen LogP contribution in [0.3, 0.4) is 0 Å². The lowest BCUT2D eigenvalue weighted by Gasteiger charge is -2.16. The topological polar surface area (TPSA) is 44.9 Å². The van der Waals surface area contributed by atoms with Crippen molar-refractivity contribution in [3.8, 4) is 0 Å². The number of fused-ring (bicyclic) bond motifs is 1. The molecule has 2 N–H and O–H groups in total. The molecular formula is C17H18N2OS. The molecular weight excluding hydrogens is 280 g/mol. The summed E-state index contributed by atoms with van der Waals surface area (Å²) in [7, 11) is 0. The van der Waals surface area contributed by atoms with Crippen LogP contribution in [0.25, 0.3) is 10.2 Å². The largest absolute Gasteiger partial charge is 0.350 e. The molecule has 0 aliphatic rings. The van der Waals surface area contributed by atoms with Gasteiger partial charge in [0, 0.05) is 5.69 Å². The van der Waals surface area contributed by atoms with E-state index >= 15 is 0 Å². The minimum atomic E-state index is -0.0883. The summed E-state index contributed by atoms with van der Waals surface area (Å²) in [5.74, 6) is 0.280. The molecule has 0 radical (unpaired) electrons. The molecule has 3 aromatic rings. The number of nitrogens with one attached hydrogen (secondary N) is 2. The maximum atomic E-state index is 12.5. The van der Waals surface area contributed by atoms with Gasteiger partial charge in [-0.2, -0.15) is 0 Å². The number of rotatable bonds is 3. The van der Waals surface area contributed by atoms with Gasteiger partial charge in [0.15, 0.2) is 0 Å². The first-order valence-electron chi connectivity index (χ1n) is 7.03. The summed E-state index contributed by atoms with van der Waals surface area (Å²) in [6.07, 6.45) is 0. The second-order valence-electron chi connectivity index (χ2n) is 5.53. The second-order valence-corrected chi connectivity index (χ2v) is 6.48. The highest BCUT2D eigenvalue weighted by Gasteiger charge is 2.15. The van der Waals surface area contributed by atoms with Crippen LogP contribution >= 0.6 is 11.3 Å². The average Bonchev–Trinajstić information content (AvgIpc) is 3.01. The molecule has 2 heterocycles. The van der Waals surface area contributed by atoms with E-state index in [1.807, 2.05) is 36.6 Å². The molecule has 0 bridgehead atoms. The van der Waals surface area contributed by atoms with Gasteiger partial charge in [-0.15, -0.1) is 11.3 Å². The summed E-state index contributed by atoms with van der Waals surface area (Å²) in [4.78, 5) is 15.6. The smallest absolute Gasteiger partial charge is 0.272 e. The van der Waals surface area contributed by atoms with Crippen molar-refractivity contribution in [3.05, 3.63) is 52.5 Å². The Labute approximate surface area is 128 Å². The van der Waals surface area contributed by atoms with Crippen LogP contribution in [0.2, 0.25) is 0 Å². The van der Waals surface area contributed by atoms with E-state index in [1.54, 1.807) is 11.3 Å². The molecule has 2 aromatic heterocycles. The normalized spacial score (nSPS) is 11.2. The molecule has 0 fully saturated rings. The van der Waals surface area contributed by atoms with Crippen LogP contribution in [0.15, 0.2) is 35.7 Å². The van der Waals surface area contributed by atoms with E-state index in [-0.39, 0.29) is 5.91 Å². The second kappa shape index (κ2) is 5.37. The third-order valence-electron chi connectivity index (χ3n) is 3.65. The van der Waals surface area contributed by atoms with Gasteiger partial charge in [0.25, 0.3) is 5.91 Å². The van der Waals surface area contributed by atoms with Gasteiger partial charge in [-0.1, -0.05) is 32.0 Å². The molecule has 0 aliphatic carbocycles. The number of hydrogen-bond acceptors (Lipinski definition) is 2. The highest BCUT2D eigenvalue weighted by Crippen LogP contribution is 2.28. The van der Waals surface area contributed by atoms with Crippen LogP contribution in [0.4, 0.5) is 5.69 Å². The molecule has 0 atom stereocenters. The highest BCUT2D eigenvalue weighted by atomic mass is 32.1. The maximum Gasteiger partial charge on any atom is 0.272 e. The standard InChI is InChI=1S/C17H18N2OS/c1-10(2)12-6-4-5-11(3)16(12)19-17(20)14-9-15-13(18-14)7-8-21-15/h4-10,18H,1-3H3,(H,19,20). The third-order valence-corrected chi connectivity index (χ3v) is 4.51. The zero-order valence-electron chi connectivity index (χ0n) is 12.4. The molecule has 0 spiro atoms. The minimum Gasteiger partial charge on any atom is -0.350 e. The van der Waals surface area contributed by atoms with E-state index < -0.39 is 0 Å². The Bertz CT molecular complexity index is 770. The Balaban J connectivity index is 1.93. The molecule has 1 aromatic carbocycles. The molecule has 0 unspecified atom stereocenters. The molecule has 3 nitrogen and oxygen atoms in total. The van der Waals surface area contributed by atoms with Gasteiger partial charge in [0.2, 0.25) is 0 Å². The number of para-hydroxylation sites is 1. The predicted molar refractivity (Wildman–Crippen MR) is 89.4 cm³/mol. The number of carbonyl (C=O) groups excluding carboxylic acids is 1. The van der Waals surface area contributed by atoms with Gasteiger partial charge in [-0.3, -0.25) is 4.79 Å². The van der Waals surface area contributed by atoms with E-state index in [0.717, 1.165) is 27.0 Å². The van der Waals surface area contributed by atoms with E-state index in [2.05, 4.69) is 30.2 Å². The van der Waals surface area contributed by atoms with Crippen LogP contribution in [0.1, 0.15) is 41.4 Å². The van der Waals surface area contributed by atoms with E-state index in [9.17, 15) is 4.79 Å². The van der Waals surface area contributed by atoms with Crippen LogP contribution in [0.5, 0.6) is 0 Å². The van der Waals surface area contributed by atoms with Gasteiger partial charge in [0.1, 0.15) is 5.69 Å². The summed E-state index contributed by atoms with van der Waals surface area (Å²) in [6.45, 7) is 6.29. The number of aryl methyl sites for hydroxylation is 1. The van der Waals surface area contributed by atoms with Gasteiger partial charge in [-0.05, 0) is 41.5 Å². The molecule has 0 aliphatic heterocycles. The number of hydrogen-bond donors (Lipinski definition) is 2. The molecule has 1 amide bonds. The average molecular weight is 298 g/mol. The van der Waals surface area contributed by atoms with Gasteiger partial charge in [-0.25, -0.2) is 0 Å². The zero-order chi connectivity index (χ0) is 15.0. The molecule has 21 heavy (non-hydrogen) atoms. The van der Waals surface area contributed by atoms with E-state index in [4.69, 9.17) is 0 Å². The fraction of sp³-hybridized carbons (Fsp3) is 0.235. The SMILES string of the molecule is Cc1cccc(C(C)C)c1NC(=O)c1cc2sccc2[nH]1. The Morgan fingerprint density at radius 2 is 2.10 bits per heavy atom. The summed E-state index contributed by atoms with van der Waals surface area (Å²) in [5.41, 5.74) is 4.80. The van der Waals surface area contributed by atoms with Crippen molar-refractivity contribution in [2.45, 2.75) is 26.7 Å². The van der Waals surface area contributed by atoms with Crippen LogP contribution < -0.4 is 5.32 Å². The Morgan fingerprint density at radius 1 is 1.29 bits per heavy atom. The van der Waals surface area contributed by atoms with Crippen LogP contribution in [0, 0.1) is 6.92 Å². The maximum absolute atomic E-state index is 12.5. The number of amides is 1. The number of aromatic amines is 1. The quantitative estimate of drug-likeness (QED) is 0.708. The van der Waals surface area contributed by atoms with Gasteiger partial charge >= 0.3 is 0 Å². The van der Waals surface area contributed by atoms with Gasteiger partial charge in [0.05, 0.1) is 10.2 Å². The lowest BCUT2D eigenvalue weighted by atomic mass is 9.98.